The van der Waals surface area contributed by atoms with E-state index in [1.807, 2.05) is 24.3 Å². The maximum absolute atomic E-state index is 13.3. The van der Waals surface area contributed by atoms with Gasteiger partial charge in [-0.2, -0.15) is 0 Å². The van der Waals surface area contributed by atoms with Gasteiger partial charge in [-0.3, -0.25) is 19.5 Å². The molecule has 3 heterocycles. The van der Waals surface area contributed by atoms with Crippen molar-refractivity contribution in [2.45, 2.75) is 6.04 Å². The number of benzene rings is 2. The van der Waals surface area contributed by atoms with Crippen molar-refractivity contribution < 1.29 is 19.4 Å². The molecule has 2 aliphatic rings. The molecule has 2 saturated heterocycles. The van der Waals surface area contributed by atoms with Crippen LogP contribution in [-0.2, 0) is 9.59 Å². The number of nitrogens with zero attached hydrogens (tertiary/aromatic N) is 4. The van der Waals surface area contributed by atoms with E-state index in [9.17, 15) is 14.7 Å². The molecular weight excluding hydrogens is 456 g/mol. The number of hydrogen-bond acceptors (Lipinski definition) is 7. The maximum Gasteiger partial charge on any atom is 0.300 e. The number of ketones is 1. The van der Waals surface area contributed by atoms with Crippen LogP contribution in [0, 0.1) is 0 Å². The monoisotopic (exact) mass is 484 g/mol. The molecule has 0 aliphatic carbocycles. The summed E-state index contributed by atoms with van der Waals surface area (Å²) in [4.78, 5) is 36.9. The molecule has 1 atom stereocenters. The van der Waals surface area contributed by atoms with E-state index < -0.39 is 17.7 Å². The molecule has 1 N–H and O–H groups in total. The molecule has 0 spiro atoms. The van der Waals surface area contributed by atoms with Crippen LogP contribution in [0.5, 0.6) is 5.75 Å². The van der Waals surface area contributed by atoms with Gasteiger partial charge in [-0.25, -0.2) is 0 Å². The van der Waals surface area contributed by atoms with Gasteiger partial charge in [-0.05, 0) is 67.2 Å². The summed E-state index contributed by atoms with van der Waals surface area (Å²) in [5.74, 6) is -1.04. The van der Waals surface area contributed by atoms with Crippen molar-refractivity contribution in [3.63, 3.8) is 0 Å². The zero-order chi connectivity index (χ0) is 25.2. The average molecular weight is 485 g/mol. The predicted octanol–water partition coefficient (Wildman–Crippen LogP) is 3.47. The highest BCUT2D eigenvalue weighted by Crippen LogP contribution is 2.42. The summed E-state index contributed by atoms with van der Waals surface area (Å²) >= 11 is 0. The summed E-state index contributed by atoms with van der Waals surface area (Å²) in [5, 5.41) is 11.2. The fraction of sp³-hybridized carbons (Fsp3) is 0.250. The molecule has 0 radical (unpaired) electrons. The first kappa shape index (κ1) is 23.6. The van der Waals surface area contributed by atoms with Crippen molar-refractivity contribution in [1.82, 2.24) is 9.88 Å². The van der Waals surface area contributed by atoms with E-state index in [1.165, 1.54) is 4.90 Å². The molecule has 1 amide bonds. The number of ether oxygens (including phenoxy) is 1. The number of Topliss-reactive ketones (excluding diaryl/α,β-unsaturated/α-hetero) is 1. The van der Waals surface area contributed by atoms with Gasteiger partial charge in [0.25, 0.3) is 11.7 Å². The average Bonchev–Trinajstić information content (AvgIpc) is 3.19. The third-order valence-corrected chi connectivity index (χ3v) is 6.80. The van der Waals surface area contributed by atoms with Crippen molar-refractivity contribution in [1.29, 1.82) is 0 Å². The van der Waals surface area contributed by atoms with E-state index in [2.05, 4.69) is 21.8 Å². The van der Waals surface area contributed by atoms with Gasteiger partial charge in [0, 0.05) is 55.5 Å². The summed E-state index contributed by atoms with van der Waals surface area (Å²) < 4.78 is 5.20. The number of hydrogen-bond donors (Lipinski definition) is 1. The molecular formula is C28H28N4O4. The van der Waals surface area contributed by atoms with Gasteiger partial charge in [0.1, 0.15) is 11.5 Å². The first-order valence-electron chi connectivity index (χ1n) is 11.9. The summed E-state index contributed by atoms with van der Waals surface area (Å²) in [6.07, 6.45) is 3.24. The Morgan fingerprint density at radius 1 is 0.944 bits per heavy atom. The highest BCUT2D eigenvalue weighted by molar-refractivity contribution is 6.51. The van der Waals surface area contributed by atoms with Crippen LogP contribution in [0.15, 0.2) is 78.6 Å². The second kappa shape index (κ2) is 9.83. The molecule has 1 aromatic heterocycles. The van der Waals surface area contributed by atoms with E-state index in [0.717, 1.165) is 31.9 Å². The number of likely N-dealkylation sites (N-methyl/N-ethyl adjacent to an activating group) is 1. The van der Waals surface area contributed by atoms with Crippen LogP contribution in [0.4, 0.5) is 11.4 Å². The Kier molecular flexibility index (Phi) is 6.43. The minimum absolute atomic E-state index is 0.0290. The number of piperazine rings is 1. The number of pyridine rings is 1. The Morgan fingerprint density at radius 2 is 1.61 bits per heavy atom. The third-order valence-electron chi connectivity index (χ3n) is 6.80. The molecule has 0 saturated carbocycles. The van der Waals surface area contributed by atoms with Crippen LogP contribution >= 0.6 is 0 Å². The van der Waals surface area contributed by atoms with Crippen LogP contribution in [0.2, 0.25) is 0 Å². The number of amides is 1. The van der Waals surface area contributed by atoms with E-state index >= 15 is 0 Å². The topological polar surface area (TPSA) is 86.2 Å². The van der Waals surface area contributed by atoms with Crippen molar-refractivity contribution >= 4 is 28.8 Å². The number of aliphatic hydroxyl groups excluding tert-OH is 1. The largest absolute Gasteiger partial charge is 0.507 e. The van der Waals surface area contributed by atoms with Gasteiger partial charge in [0.05, 0.1) is 18.7 Å². The molecule has 1 unspecified atom stereocenters. The number of aromatic nitrogens is 1. The molecule has 36 heavy (non-hydrogen) atoms. The lowest BCUT2D eigenvalue weighted by atomic mass is 9.96. The van der Waals surface area contributed by atoms with Crippen molar-refractivity contribution in [3.05, 3.63) is 89.8 Å². The predicted molar refractivity (Wildman–Crippen MR) is 138 cm³/mol. The lowest BCUT2D eigenvalue weighted by molar-refractivity contribution is -0.132. The van der Waals surface area contributed by atoms with Crippen LogP contribution in [0.25, 0.3) is 5.76 Å². The molecule has 0 bridgehead atoms. The normalized spacial score (nSPS) is 20.1. The number of rotatable bonds is 5. The smallest absolute Gasteiger partial charge is 0.300 e. The second-order valence-corrected chi connectivity index (χ2v) is 8.99. The third kappa shape index (κ3) is 4.31. The quantitative estimate of drug-likeness (QED) is 0.337. The number of aliphatic hydroxyl groups is 1. The maximum atomic E-state index is 13.3. The Balaban J connectivity index is 1.55. The first-order valence-corrected chi connectivity index (χ1v) is 11.9. The van der Waals surface area contributed by atoms with Crippen LogP contribution in [0.3, 0.4) is 0 Å². The molecule has 2 fully saturated rings. The van der Waals surface area contributed by atoms with Crippen molar-refractivity contribution in [3.8, 4) is 5.75 Å². The fourth-order valence-electron chi connectivity index (χ4n) is 4.75. The summed E-state index contributed by atoms with van der Waals surface area (Å²) in [6, 6.07) is 17.1. The van der Waals surface area contributed by atoms with Gasteiger partial charge in [-0.15, -0.1) is 0 Å². The first-order chi connectivity index (χ1) is 17.5. The van der Waals surface area contributed by atoms with E-state index in [0.29, 0.717) is 22.6 Å². The number of carbonyl (C=O) groups excluding carboxylic acids is 2. The molecule has 3 aromatic rings. The summed E-state index contributed by atoms with van der Waals surface area (Å²) in [7, 11) is 3.67. The Morgan fingerprint density at radius 3 is 2.22 bits per heavy atom. The Bertz CT molecular complexity index is 1280. The van der Waals surface area contributed by atoms with Crippen LogP contribution in [0.1, 0.15) is 17.2 Å². The van der Waals surface area contributed by atoms with Gasteiger partial charge in [0.15, 0.2) is 0 Å². The summed E-state index contributed by atoms with van der Waals surface area (Å²) in [5.41, 5.74) is 2.74. The highest BCUT2D eigenvalue weighted by atomic mass is 16.5. The van der Waals surface area contributed by atoms with Gasteiger partial charge >= 0.3 is 0 Å². The van der Waals surface area contributed by atoms with Gasteiger partial charge in [-0.1, -0.05) is 6.07 Å². The fourth-order valence-corrected chi connectivity index (χ4v) is 4.75. The molecule has 2 aromatic carbocycles. The number of anilines is 2. The molecule has 8 heteroatoms. The lowest BCUT2D eigenvalue weighted by Gasteiger charge is -2.34. The van der Waals surface area contributed by atoms with E-state index in [-0.39, 0.29) is 11.3 Å². The number of carbonyl (C=O) groups is 2. The van der Waals surface area contributed by atoms with Crippen molar-refractivity contribution in [2.24, 2.45) is 0 Å². The Hall–Kier alpha value is -4.17. The number of methoxy groups -OCH3 is 1. The molecule has 184 valence electrons. The van der Waals surface area contributed by atoms with Gasteiger partial charge < -0.3 is 19.6 Å². The Labute approximate surface area is 210 Å². The standard InChI is InChI=1S/C28H28N4O4/c1-30-14-16-31(17-15-30)21-7-9-22(10-8-21)32-25(20-4-3-13-29-18-20)24(27(34)28(32)35)26(33)19-5-11-23(36-2)12-6-19/h3-13,18,25,33H,14-17H2,1-2H3/b26-24+. The minimum Gasteiger partial charge on any atom is -0.507 e. The van der Waals surface area contributed by atoms with Crippen LogP contribution in [-0.4, -0.2) is 67.0 Å². The SMILES string of the molecule is COc1ccc(/C(O)=C2\C(=O)C(=O)N(c3ccc(N4CCN(C)CC4)cc3)C2c2cccnc2)cc1. The zero-order valence-corrected chi connectivity index (χ0v) is 20.3. The lowest BCUT2D eigenvalue weighted by Crippen LogP contribution is -2.44. The zero-order valence-electron chi connectivity index (χ0n) is 20.3. The molecule has 5 rings (SSSR count). The minimum atomic E-state index is -0.810. The second-order valence-electron chi connectivity index (χ2n) is 8.99. The van der Waals surface area contributed by atoms with Crippen LogP contribution < -0.4 is 14.5 Å². The van der Waals surface area contributed by atoms with E-state index in [4.69, 9.17) is 4.74 Å². The summed E-state index contributed by atoms with van der Waals surface area (Å²) in [6.45, 7) is 3.83. The van der Waals surface area contributed by atoms with E-state index in [1.54, 1.807) is 55.9 Å². The molecule has 2 aliphatic heterocycles. The highest BCUT2D eigenvalue weighted by Gasteiger charge is 2.47. The van der Waals surface area contributed by atoms with Crippen molar-refractivity contribution in [2.75, 3.05) is 50.1 Å². The molecule has 8 nitrogen and oxygen atoms in total. The van der Waals surface area contributed by atoms with Gasteiger partial charge in [0.2, 0.25) is 0 Å².